The Labute approximate surface area is 101 Å². The van der Waals surface area contributed by atoms with Gasteiger partial charge in [0, 0.05) is 9.86 Å². The molecule has 0 spiro atoms. The molecule has 0 amide bonds. The van der Waals surface area contributed by atoms with E-state index in [1.807, 2.05) is 19.1 Å². The first kappa shape index (κ1) is 10.4. The Morgan fingerprint density at radius 1 is 1.40 bits per heavy atom. The summed E-state index contributed by atoms with van der Waals surface area (Å²) in [6.45, 7) is 1.97. The van der Waals surface area contributed by atoms with Crippen LogP contribution in [0.5, 0.6) is 0 Å². The van der Waals surface area contributed by atoms with Gasteiger partial charge in [-0.2, -0.15) is 5.26 Å². The van der Waals surface area contributed by atoms with Gasteiger partial charge in [0.2, 0.25) is 0 Å². The number of benzene rings is 1. The maximum atomic E-state index is 8.99. The second-order valence-corrected chi connectivity index (χ2v) is 4.49. The lowest BCUT2D eigenvalue weighted by molar-refractivity contribution is 1.36. The number of halogens is 2. The molecule has 0 atom stereocenters. The number of hydrogen-bond donors (Lipinski definition) is 0. The Morgan fingerprint density at radius 2 is 2.13 bits per heavy atom. The van der Waals surface area contributed by atoms with E-state index in [0.29, 0.717) is 10.7 Å². The Hall–Kier alpha value is -1.11. The first-order chi connectivity index (χ1) is 7.11. The molecule has 1 aromatic heterocycles. The number of pyridine rings is 1. The number of fused-ring (bicyclic) bond motifs is 1. The van der Waals surface area contributed by atoms with Crippen molar-refractivity contribution in [2.75, 3.05) is 0 Å². The topological polar surface area (TPSA) is 36.7 Å². The van der Waals surface area contributed by atoms with Crippen molar-refractivity contribution >= 4 is 38.4 Å². The van der Waals surface area contributed by atoms with E-state index in [1.54, 1.807) is 6.07 Å². The van der Waals surface area contributed by atoms with Crippen LogP contribution in [0.4, 0.5) is 0 Å². The summed E-state index contributed by atoms with van der Waals surface area (Å²) in [6, 6.07) is 7.58. The van der Waals surface area contributed by atoms with Crippen LogP contribution in [0.3, 0.4) is 0 Å². The minimum atomic E-state index is 0.337. The maximum Gasteiger partial charge on any atom is 0.131 e. The Bertz CT molecular complexity index is 587. The largest absolute Gasteiger partial charge is 0.235 e. The number of hydrogen-bond acceptors (Lipinski definition) is 2. The number of rotatable bonds is 0. The molecule has 0 aliphatic carbocycles. The third kappa shape index (κ3) is 1.83. The van der Waals surface area contributed by atoms with Crippen molar-refractivity contribution in [1.29, 1.82) is 5.26 Å². The maximum absolute atomic E-state index is 8.99. The quantitative estimate of drug-likeness (QED) is 0.688. The van der Waals surface area contributed by atoms with Crippen molar-refractivity contribution in [2.45, 2.75) is 6.92 Å². The minimum absolute atomic E-state index is 0.337. The first-order valence-corrected chi connectivity index (χ1v) is 5.45. The predicted molar refractivity (Wildman–Crippen MR) is 63.9 cm³/mol. The average Bonchev–Trinajstić information content (AvgIpc) is 2.18. The third-order valence-electron chi connectivity index (χ3n) is 2.10. The van der Waals surface area contributed by atoms with Crippen molar-refractivity contribution < 1.29 is 0 Å². The van der Waals surface area contributed by atoms with Crippen LogP contribution in [-0.4, -0.2) is 4.98 Å². The molecule has 0 unspecified atom stereocenters. The summed E-state index contributed by atoms with van der Waals surface area (Å²) in [6.07, 6.45) is 0. The lowest BCUT2D eigenvalue weighted by atomic mass is 10.1. The highest BCUT2D eigenvalue weighted by Crippen LogP contribution is 2.28. The van der Waals surface area contributed by atoms with Crippen LogP contribution in [-0.2, 0) is 0 Å². The summed E-state index contributed by atoms with van der Waals surface area (Å²) < 4.78 is 0.858. The van der Waals surface area contributed by atoms with Gasteiger partial charge in [0.15, 0.2) is 0 Å². The second-order valence-electron chi connectivity index (χ2n) is 3.25. The van der Waals surface area contributed by atoms with Crippen molar-refractivity contribution in [2.24, 2.45) is 0 Å². The molecule has 0 saturated heterocycles. The summed E-state index contributed by atoms with van der Waals surface area (Å²) in [5.41, 5.74) is 2.36. The van der Waals surface area contributed by atoms with Gasteiger partial charge < -0.3 is 0 Å². The van der Waals surface area contributed by atoms with Gasteiger partial charge in [0.1, 0.15) is 5.15 Å². The summed E-state index contributed by atoms with van der Waals surface area (Å²) in [5, 5.41) is 10.2. The number of nitrogens with zero attached hydrogens (tertiary/aromatic N) is 2. The molecule has 0 fully saturated rings. The van der Waals surface area contributed by atoms with Crippen molar-refractivity contribution in [1.82, 2.24) is 4.98 Å². The molecule has 2 rings (SSSR count). The Morgan fingerprint density at radius 3 is 2.80 bits per heavy atom. The van der Waals surface area contributed by atoms with E-state index >= 15 is 0 Å². The fraction of sp³-hybridized carbons (Fsp3) is 0.0909. The normalized spacial score (nSPS) is 10.3. The summed E-state index contributed by atoms with van der Waals surface area (Å²) >= 11 is 9.25. The summed E-state index contributed by atoms with van der Waals surface area (Å²) in [5.74, 6) is 0. The second kappa shape index (κ2) is 3.80. The highest BCUT2D eigenvalue weighted by atomic mass is 79.9. The molecular formula is C11H6BrClN2. The third-order valence-corrected chi connectivity index (χ3v) is 2.90. The monoisotopic (exact) mass is 280 g/mol. The Kier molecular flexibility index (Phi) is 2.64. The molecule has 15 heavy (non-hydrogen) atoms. The molecule has 0 N–H and O–H groups in total. The molecule has 2 nitrogen and oxygen atoms in total. The van der Waals surface area contributed by atoms with E-state index in [4.69, 9.17) is 16.9 Å². The molecule has 74 valence electrons. The van der Waals surface area contributed by atoms with Crippen molar-refractivity contribution in [3.63, 3.8) is 0 Å². The van der Waals surface area contributed by atoms with Crippen LogP contribution in [0, 0.1) is 18.3 Å². The molecule has 4 heteroatoms. The van der Waals surface area contributed by atoms with E-state index in [-0.39, 0.29) is 0 Å². The molecule has 2 aromatic rings. The number of nitriles is 1. The molecule has 0 saturated carbocycles. The highest BCUT2D eigenvalue weighted by Gasteiger charge is 2.08. The fourth-order valence-electron chi connectivity index (χ4n) is 1.48. The predicted octanol–water partition coefficient (Wildman–Crippen LogP) is 3.83. The van der Waals surface area contributed by atoms with E-state index in [2.05, 4.69) is 27.0 Å². The van der Waals surface area contributed by atoms with E-state index in [0.717, 1.165) is 20.9 Å². The van der Waals surface area contributed by atoms with Crippen LogP contribution in [0.15, 0.2) is 22.7 Å². The fourth-order valence-corrected chi connectivity index (χ4v) is 2.34. The van der Waals surface area contributed by atoms with Crippen LogP contribution in [0.2, 0.25) is 5.15 Å². The molecular weight excluding hydrogens is 275 g/mol. The zero-order valence-electron chi connectivity index (χ0n) is 7.88. The van der Waals surface area contributed by atoms with Gasteiger partial charge in [-0.3, -0.25) is 0 Å². The summed E-state index contributed by atoms with van der Waals surface area (Å²) in [7, 11) is 0. The van der Waals surface area contributed by atoms with E-state index in [1.165, 1.54) is 0 Å². The molecule has 0 aliphatic rings. The Balaban J connectivity index is 2.98. The molecule has 0 bridgehead atoms. The van der Waals surface area contributed by atoms with E-state index < -0.39 is 0 Å². The van der Waals surface area contributed by atoms with Gasteiger partial charge in [0.25, 0.3) is 0 Å². The van der Waals surface area contributed by atoms with E-state index in [9.17, 15) is 0 Å². The average molecular weight is 282 g/mol. The van der Waals surface area contributed by atoms with Crippen LogP contribution < -0.4 is 0 Å². The zero-order chi connectivity index (χ0) is 11.0. The van der Waals surface area contributed by atoms with Gasteiger partial charge in [-0.05, 0) is 46.6 Å². The first-order valence-electron chi connectivity index (χ1n) is 4.28. The number of aryl methyl sites for hydroxylation is 1. The molecule has 0 radical (unpaired) electrons. The van der Waals surface area contributed by atoms with Gasteiger partial charge >= 0.3 is 0 Å². The smallest absolute Gasteiger partial charge is 0.131 e. The van der Waals surface area contributed by atoms with Crippen molar-refractivity contribution in [3.05, 3.63) is 39.0 Å². The summed E-state index contributed by atoms with van der Waals surface area (Å²) in [4.78, 5) is 4.19. The van der Waals surface area contributed by atoms with Gasteiger partial charge in [-0.15, -0.1) is 0 Å². The minimum Gasteiger partial charge on any atom is -0.235 e. The highest BCUT2D eigenvalue weighted by molar-refractivity contribution is 9.10. The van der Waals surface area contributed by atoms with Crippen molar-refractivity contribution in [3.8, 4) is 6.07 Å². The lowest BCUT2D eigenvalue weighted by Crippen LogP contribution is -1.88. The standard InChI is InChI=1S/C11H6BrClN2/c1-6-2-8-7(5-14)4-10(13)15-11(8)9(12)3-6/h2-4H,1H3. The van der Waals surface area contributed by atoms with Crippen LogP contribution >= 0.6 is 27.5 Å². The van der Waals surface area contributed by atoms with Gasteiger partial charge in [-0.25, -0.2) is 4.98 Å². The molecule has 1 heterocycles. The van der Waals surface area contributed by atoms with Crippen LogP contribution in [0.1, 0.15) is 11.1 Å². The number of aromatic nitrogens is 1. The lowest BCUT2D eigenvalue weighted by Gasteiger charge is -2.04. The van der Waals surface area contributed by atoms with Gasteiger partial charge in [-0.1, -0.05) is 11.6 Å². The van der Waals surface area contributed by atoms with Gasteiger partial charge in [0.05, 0.1) is 17.1 Å². The molecule has 1 aromatic carbocycles. The molecule has 0 aliphatic heterocycles. The zero-order valence-corrected chi connectivity index (χ0v) is 10.2. The SMILES string of the molecule is Cc1cc(Br)c2nc(Cl)cc(C#N)c2c1. The van der Waals surface area contributed by atoms with Crippen LogP contribution in [0.25, 0.3) is 10.9 Å².